The van der Waals surface area contributed by atoms with Crippen molar-refractivity contribution < 1.29 is 18.4 Å². The highest BCUT2D eigenvalue weighted by molar-refractivity contribution is 5.99. The van der Waals surface area contributed by atoms with Gasteiger partial charge in [0.2, 0.25) is 5.91 Å². The zero-order valence-electron chi connectivity index (χ0n) is 14.4. The zero-order chi connectivity index (χ0) is 18.1. The number of amides is 2. The van der Waals surface area contributed by atoms with Gasteiger partial charge in [-0.05, 0) is 49.9 Å². The van der Waals surface area contributed by atoms with E-state index in [2.05, 4.69) is 4.98 Å². The molecule has 0 N–H and O–H groups in total. The van der Waals surface area contributed by atoms with E-state index in [1.54, 1.807) is 21.9 Å². The standard InChI is InChI=1S/C19H20FN3O3/c20-14-3-5-15(6-4-14)23-10-2-8-19(18(23)25)7-1-9-22(12-19)17(24)16-11-26-13-21-16/h3-6,11,13H,1-2,7-10,12H2. The largest absolute Gasteiger partial charge is 0.451 e. The van der Waals surface area contributed by atoms with Gasteiger partial charge in [-0.15, -0.1) is 0 Å². The molecule has 136 valence electrons. The van der Waals surface area contributed by atoms with Crippen LogP contribution in [0.4, 0.5) is 10.1 Å². The molecule has 0 bridgehead atoms. The fourth-order valence-electron chi connectivity index (χ4n) is 4.10. The summed E-state index contributed by atoms with van der Waals surface area (Å²) in [4.78, 5) is 33.3. The average Bonchev–Trinajstić information content (AvgIpc) is 3.19. The fraction of sp³-hybridized carbons (Fsp3) is 0.421. The highest BCUT2D eigenvalue weighted by Gasteiger charge is 2.47. The Bertz CT molecular complexity index is 802. The Kier molecular flexibility index (Phi) is 4.22. The van der Waals surface area contributed by atoms with Crippen LogP contribution in [0.15, 0.2) is 41.3 Å². The lowest BCUT2D eigenvalue weighted by Gasteiger charge is -2.47. The second kappa shape index (κ2) is 6.55. The number of rotatable bonds is 2. The van der Waals surface area contributed by atoms with Crippen LogP contribution in [0.25, 0.3) is 0 Å². The molecular formula is C19H20FN3O3. The molecule has 2 saturated heterocycles. The number of piperidine rings is 2. The Labute approximate surface area is 150 Å². The SMILES string of the molecule is O=C(c1cocn1)N1CCCC2(CCCN(c3ccc(F)cc3)C2=O)C1. The Morgan fingerprint density at radius 1 is 1.15 bits per heavy atom. The molecular weight excluding hydrogens is 337 g/mol. The minimum Gasteiger partial charge on any atom is -0.451 e. The quantitative estimate of drug-likeness (QED) is 0.829. The number of oxazole rings is 1. The smallest absolute Gasteiger partial charge is 0.275 e. The second-order valence-electron chi connectivity index (χ2n) is 7.02. The van der Waals surface area contributed by atoms with Crippen molar-refractivity contribution in [3.63, 3.8) is 0 Å². The van der Waals surface area contributed by atoms with Crippen LogP contribution in [0.3, 0.4) is 0 Å². The Morgan fingerprint density at radius 3 is 2.58 bits per heavy atom. The summed E-state index contributed by atoms with van der Waals surface area (Å²) >= 11 is 0. The number of likely N-dealkylation sites (tertiary alicyclic amines) is 1. The molecule has 4 rings (SSSR count). The second-order valence-corrected chi connectivity index (χ2v) is 7.02. The van der Waals surface area contributed by atoms with E-state index in [1.165, 1.54) is 24.8 Å². The summed E-state index contributed by atoms with van der Waals surface area (Å²) in [6.45, 7) is 1.61. The molecule has 1 aromatic heterocycles. The van der Waals surface area contributed by atoms with Gasteiger partial charge in [-0.1, -0.05) is 0 Å². The van der Waals surface area contributed by atoms with Crippen LogP contribution in [0.5, 0.6) is 0 Å². The molecule has 0 radical (unpaired) electrons. The number of nitrogens with zero attached hydrogens (tertiary/aromatic N) is 3. The van der Waals surface area contributed by atoms with Crippen molar-refractivity contribution in [3.05, 3.63) is 48.4 Å². The van der Waals surface area contributed by atoms with Crippen molar-refractivity contribution in [1.82, 2.24) is 9.88 Å². The van der Waals surface area contributed by atoms with E-state index in [-0.39, 0.29) is 23.3 Å². The number of aromatic nitrogens is 1. The molecule has 1 aromatic carbocycles. The number of anilines is 1. The fourth-order valence-corrected chi connectivity index (χ4v) is 4.10. The predicted molar refractivity (Wildman–Crippen MR) is 92.1 cm³/mol. The summed E-state index contributed by atoms with van der Waals surface area (Å²) in [6, 6.07) is 6.00. The normalized spacial score (nSPS) is 23.5. The van der Waals surface area contributed by atoms with Gasteiger partial charge in [-0.25, -0.2) is 9.37 Å². The van der Waals surface area contributed by atoms with Crippen molar-refractivity contribution in [3.8, 4) is 0 Å². The molecule has 7 heteroatoms. The summed E-state index contributed by atoms with van der Waals surface area (Å²) in [5.41, 5.74) is 0.390. The van der Waals surface area contributed by atoms with Gasteiger partial charge < -0.3 is 14.2 Å². The molecule has 1 unspecified atom stereocenters. The van der Waals surface area contributed by atoms with Gasteiger partial charge in [0, 0.05) is 25.3 Å². The maximum atomic E-state index is 13.3. The number of benzene rings is 1. The first-order chi connectivity index (χ1) is 12.6. The summed E-state index contributed by atoms with van der Waals surface area (Å²) in [7, 11) is 0. The molecule has 0 saturated carbocycles. The molecule has 6 nitrogen and oxygen atoms in total. The number of carbonyl (C=O) groups excluding carboxylic acids is 2. The lowest BCUT2D eigenvalue weighted by Crippen LogP contribution is -2.57. The van der Waals surface area contributed by atoms with Gasteiger partial charge in [-0.3, -0.25) is 9.59 Å². The highest BCUT2D eigenvalue weighted by Crippen LogP contribution is 2.41. The zero-order valence-corrected chi connectivity index (χ0v) is 14.4. The van der Waals surface area contributed by atoms with E-state index >= 15 is 0 Å². The Morgan fingerprint density at radius 2 is 1.88 bits per heavy atom. The number of carbonyl (C=O) groups is 2. The monoisotopic (exact) mass is 357 g/mol. The van der Waals surface area contributed by atoms with Crippen LogP contribution in [-0.2, 0) is 4.79 Å². The number of halogens is 1. The Hall–Kier alpha value is -2.70. The van der Waals surface area contributed by atoms with E-state index in [0.29, 0.717) is 25.3 Å². The Balaban J connectivity index is 1.57. The topological polar surface area (TPSA) is 66.7 Å². The summed E-state index contributed by atoms with van der Waals surface area (Å²) in [5, 5.41) is 0. The van der Waals surface area contributed by atoms with Crippen LogP contribution in [-0.4, -0.2) is 41.3 Å². The third-order valence-electron chi connectivity index (χ3n) is 5.39. The van der Waals surface area contributed by atoms with E-state index in [9.17, 15) is 14.0 Å². The molecule has 2 aliphatic rings. The third-order valence-corrected chi connectivity index (χ3v) is 5.39. The van der Waals surface area contributed by atoms with E-state index in [0.717, 1.165) is 25.7 Å². The summed E-state index contributed by atoms with van der Waals surface area (Å²) in [5.74, 6) is -0.507. The molecule has 26 heavy (non-hydrogen) atoms. The molecule has 2 amide bonds. The van der Waals surface area contributed by atoms with Crippen LogP contribution in [0, 0.1) is 11.2 Å². The van der Waals surface area contributed by atoms with Crippen LogP contribution >= 0.6 is 0 Å². The van der Waals surface area contributed by atoms with Crippen molar-refractivity contribution in [1.29, 1.82) is 0 Å². The van der Waals surface area contributed by atoms with Gasteiger partial charge >= 0.3 is 0 Å². The average molecular weight is 357 g/mol. The lowest BCUT2D eigenvalue weighted by molar-refractivity contribution is -0.133. The van der Waals surface area contributed by atoms with Crippen LogP contribution < -0.4 is 4.90 Å². The first-order valence-corrected chi connectivity index (χ1v) is 8.84. The van der Waals surface area contributed by atoms with Crippen molar-refractivity contribution in [2.75, 3.05) is 24.5 Å². The maximum absolute atomic E-state index is 13.3. The van der Waals surface area contributed by atoms with E-state index in [4.69, 9.17) is 4.42 Å². The molecule has 2 aromatic rings. The van der Waals surface area contributed by atoms with Crippen molar-refractivity contribution >= 4 is 17.5 Å². The minimum absolute atomic E-state index is 0.0213. The summed E-state index contributed by atoms with van der Waals surface area (Å²) < 4.78 is 18.1. The molecule has 3 heterocycles. The van der Waals surface area contributed by atoms with Gasteiger partial charge in [0.15, 0.2) is 12.1 Å². The molecule has 2 fully saturated rings. The third kappa shape index (κ3) is 2.87. The van der Waals surface area contributed by atoms with Gasteiger partial charge in [0.05, 0.1) is 5.41 Å². The van der Waals surface area contributed by atoms with Crippen molar-refractivity contribution in [2.24, 2.45) is 5.41 Å². The van der Waals surface area contributed by atoms with Gasteiger partial charge in [0.1, 0.15) is 12.1 Å². The van der Waals surface area contributed by atoms with E-state index < -0.39 is 5.41 Å². The molecule has 0 aliphatic carbocycles. The van der Waals surface area contributed by atoms with E-state index in [1.807, 2.05) is 0 Å². The first kappa shape index (κ1) is 16.8. The van der Waals surface area contributed by atoms with Gasteiger partial charge in [-0.2, -0.15) is 0 Å². The highest BCUT2D eigenvalue weighted by atomic mass is 19.1. The number of hydrogen-bond acceptors (Lipinski definition) is 4. The number of hydrogen-bond donors (Lipinski definition) is 0. The summed E-state index contributed by atoms with van der Waals surface area (Å²) in [6.07, 6.45) is 5.70. The van der Waals surface area contributed by atoms with Crippen molar-refractivity contribution in [2.45, 2.75) is 25.7 Å². The van der Waals surface area contributed by atoms with Gasteiger partial charge in [0.25, 0.3) is 5.91 Å². The van der Waals surface area contributed by atoms with Crippen LogP contribution in [0.1, 0.15) is 36.2 Å². The minimum atomic E-state index is -0.579. The molecule has 1 atom stereocenters. The predicted octanol–water partition coefficient (Wildman–Crippen LogP) is 2.86. The maximum Gasteiger partial charge on any atom is 0.275 e. The molecule has 2 aliphatic heterocycles. The lowest BCUT2D eigenvalue weighted by atomic mass is 9.72. The first-order valence-electron chi connectivity index (χ1n) is 8.84. The van der Waals surface area contributed by atoms with Crippen LogP contribution in [0.2, 0.25) is 0 Å². The molecule has 1 spiro atoms.